The highest BCUT2D eigenvalue weighted by Crippen LogP contribution is 1.96. The van der Waals surface area contributed by atoms with Crippen molar-refractivity contribution < 1.29 is 19.4 Å². The van der Waals surface area contributed by atoms with Gasteiger partial charge in [-0.05, 0) is 12.0 Å². The molecule has 0 aliphatic heterocycles. The van der Waals surface area contributed by atoms with Gasteiger partial charge in [0.05, 0.1) is 5.88 Å². The van der Waals surface area contributed by atoms with E-state index >= 15 is 0 Å². The van der Waals surface area contributed by atoms with Gasteiger partial charge in [0.2, 0.25) is 0 Å². The summed E-state index contributed by atoms with van der Waals surface area (Å²) in [5.41, 5.74) is 2.47. The molecule has 0 amide bonds. The average molecular weight is 247 g/mol. The highest BCUT2D eigenvalue weighted by atomic mass is 32.2. The second kappa shape index (κ2) is 9.35. The van der Waals surface area contributed by atoms with Gasteiger partial charge in [-0.25, -0.2) is 8.42 Å². The minimum atomic E-state index is -2.30. The van der Waals surface area contributed by atoms with E-state index < -0.39 is 10.7 Å². The molecule has 0 fully saturated rings. The van der Waals surface area contributed by atoms with Crippen LogP contribution in [0.15, 0.2) is 24.3 Å². The molecule has 0 unspecified atom stereocenters. The van der Waals surface area contributed by atoms with Gasteiger partial charge >= 0.3 is 0 Å². The number of benzene rings is 1. The van der Waals surface area contributed by atoms with Crippen molar-refractivity contribution in [1.29, 1.82) is 0 Å². The zero-order valence-corrected chi connectivity index (χ0v) is 10.1. The quantitative estimate of drug-likeness (QED) is 0.328. The minimum absolute atomic E-state index is 0. The average Bonchev–Trinajstić information content (AvgIpc) is 2.15. The van der Waals surface area contributed by atoms with Gasteiger partial charge in [-0.2, -0.15) is 0 Å². The molecule has 0 aliphatic carbocycles. The monoisotopic (exact) mass is 247 g/mol. The molecule has 0 spiro atoms. The Morgan fingerprint density at radius 2 is 1.69 bits per heavy atom. The lowest BCUT2D eigenvalue weighted by Gasteiger charge is -2.01. The van der Waals surface area contributed by atoms with Crippen LogP contribution in [-0.4, -0.2) is 39.6 Å². The minimum Gasteiger partial charge on any atom is -0.412 e. The molecule has 0 heterocycles. The van der Waals surface area contributed by atoms with E-state index in [1.807, 2.05) is 7.85 Å². The van der Waals surface area contributed by atoms with E-state index in [1.54, 1.807) is 0 Å². The molecule has 5 nitrogen and oxygen atoms in total. The largest absolute Gasteiger partial charge is 0.412 e. The summed E-state index contributed by atoms with van der Waals surface area (Å²) >= 11 is 0. The first kappa shape index (κ1) is 17.5. The third-order valence-corrected chi connectivity index (χ3v) is 2.43. The first-order valence-corrected chi connectivity index (χ1v) is 5.93. The summed E-state index contributed by atoms with van der Waals surface area (Å²) in [4.78, 5) is 0. The molecule has 0 radical (unpaired) electrons. The Hall–Kier alpha value is -0.885. The maximum Gasteiger partial charge on any atom is 0.153 e. The molecule has 0 aromatic heterocycles. The third-order valence-electron chi connectivity index (χ3n) is 1.95. The zero-order chi connectivity index (χ0) is 10.4. The Morgan fingerprint density at radius 1 is 1.12 bits per heavy atom. The van der Waals surface area contributed by atoms with Crippen LogP contribution >= 0.6 is 0 Å². The molecule has 16 heavy (non-hydrogen) atoms. The van der Waals surface area contributed by atoms with Crippen molar-refractivity contribution in [3.05, 3.63) is 29.8 Å². The summed E-state index contributed by atoms with van der Waals surface area (Å²) in [5, 5.41) is 2.85. The van der Waals surface area contributed by atoms with Gasteiger partial charge in [-0.15, -0.1) is 0 Å². The fraction of sp³-hybridized carbons (Fsp3) is 0.333. The topological polar surface area (TPSA) is 109 Å². The van der Waals surface area contributed by atoms with Gasteiger partial charge in [0.25, 0.3) is 0 Å². The van der Waals surface area contributed by atoms with Crippen LogP contribution in [0.25, 0.3) is 0 Å². The van der Waals surface area contributed by atoms with E-state index in [4.69, 9.17) is 0 Å². The SMILES string of the molecule is Bc1ccc(CCNC[SH](=O)=O)cc1.O.O. The van der Waals surface area contributed by atoms with E-state index in [0.717, 1.165) is 6.42 Å². The Labute approximate surface area is 97.8 Å². The van der Waals surface area contributed by atoms with E-state index in [9.17, 15) is 8.42 Å². The van der Waals surface area contributed by atoms with Crippen molar-refractivity contribution in [3.63, 3.8) is 0 Å². The molecule has 0 saturated heterocycles. The lowest BCUT2D eigenvalue weighted by Crippen LogP contribution is -2.19. The zero-order valence-electron chi connectivity index (χ0n) is 9.19. The van der Waals surface area contributed by atoms with Crippen LogP contribution in [0.5, 0.6) is 0 Å². The van der Waals surface area contributed by atoms with Gasteiger partial charge < -0.3 is 16.3 Å². The molecule has 1 rings (SSSR count). The lowest BCUT2D eigenvalue weighted by molar-refractivity contribution is 0.605. The molecule has 92 valence electrons. The molecular formula is C9H18BNO4S. The number of hydrogen-bond acceptors (Lipinski definition) is 3. The fourth-order valence-corrected chi connectivity index (χ4v) is 1.50. The molecule has 0 saturated carbocycles. The summed E-state index contributed by atoms with van der Waals surface area (Å²) in [6.07, 6.45) is 0.865. The first-order chi connectivity index (χ1) is 6.68. The van der Waals surface area contributed by atoms with Crippen LogP contribution in [0, 0.1) is 0 Å². The number of thiol groups is 1. The van der Waals surface area contributed by atoms with E-state index in [0.29, 0.717) is 6.54 Å². The van der Waals surface area contributed by atoms with Gasteiger partial charge in [0.1, 0.15) is 7.85 Å². The number of nitrogens with one attached hydrogen (secondary N) is 1. The van der Waals surface area contributed by atoms with Crippen molar-refractivity contribution in [2.45, 2.75) is 6.42 Å². The Balaban J connectivity index is 0. The summed E-state index contributed by atoms with van der Waals surface area (Å²) in [6, 6.07) is 8.25. The Kier molecular flexibility index (Phi) is 10.2. The van der Waals surface area contributed by atoms with Crippen LogP contribution in [0.3, 0.4) is 0 Å². The molecule has 7 heteroatoms. The maximum atomic E-state index is 10.2. The van der Waals surface area contributed by atoms with Gasteiger partial charge in [-0.3, -0.25) is 0 Å². The summed E-state index contributed by atoms with van der Waals surface area (Å²) in [7, 11) is -0.251. The van der Waals surface area contributed by atoms with Crippen molar-refractivity contribution in [2.24, 2.45) is 0 Å². The van der Waals surface area contributed by atoms with Gasteiger partial charge in [0, 0.05) is 6.54 Å². The Morgan fingerprint density at radius 3 is 2.19 bits per heavy atom. The van der Waals surface area contributed by atoms with Crippen molar-refractivity contribution >= 4 is 24.0 Å². The predicted molar refractivity (Wildman–Crippen MR) is 68.7 cm³/mol. The van der Waals surface area contributed by atoms with E-state index in [1.165, 1.54) is 11.0 Å². The lowest BCUT2D eigenvalue weighted by atomic mass is 9.95. The van der Waals surface area contributed by atoms with Crippen molar-refractivity contribution in [2.75, 3.05) is 12.4 Å². The molecule has 1 aromatic carbocycles. The summed E-state index contributed by atoms with van der Waals surface area (Å²) in [6.45, 7) is 0.701. The molecular weight excluding hydrogens is 229 g/mol. The van der Waals surface area contributed by atoms with Crippen molar-refractivity contribution in [3.8, 4) is 0 Å². The fourth-order valence-electron chi connectivity index (χ4n) is 1.16. The summed E-state index contributed by atoms with van der Waals surface area (Å²) in [5.74, 6) is 0.0706. The highest BCUT2D eigenvalue weighted by molar-refractivity contribution is 7.72. The maximum absolute atomic E-state index is 10.2. The number of hydrogen-bond donors (Lipinski definition) is 2. The van der Waals surface area contributed by atoms with Crippen LogP contribution < -0.4 is 10.8 Å². The van der Waals surface area contributed by atoms with Crippen LogP contribution in [0.1, 0.15) is 5.56 Å². The second-order valence-electron chi connectivity index (χ2n) is 3.23. The summed E-state index contributed by atoms with van der Waals surface area (Å²) < 4.78 is 20.5. The third kappa shape index (κ3) is 7.41. The normalized spacial score (nSPS) is 9.31. The highest BCUT2D eigenvalue weighted by Gasteiger charge is 1.92. The first-order valence-electron chi connectivity index (χ1n) is 4.56. The van der Waals surface area contributed by atoms with Gasteiger partial charge in [-0.1, -0.05) is 29.7 Å². The van der Waals surface area contributed by atoms with Gasteiger partial charge in [0.15, 0.2) is 10.7 Å². The standard InChI is InChI=1S/C9H14BNO2S.2H2O/c10-9-3-1-8(2-4-9)5-6-11-7-14(12)13;;/h1-4,11,14H,5-7,10H2;2*1H2. The van der Waals surface area contributed by atoms with Crippen LogP contribution in [-0.2, 0) is 17.1 Å². The molecule has 0 atom stereocenters. The van der Waals surface area contributed by atoms with Crippen LogP contribution in [0.4, 0.5) is 0 Å². The molecule has 1 aromatic rings. The van der Waals surface area contributed by atoms with Crippen molar-refractivity contribution in [1.82, 2.24) is 5.32 Å². The van der Waals surface area contributed by atoms with E-state index in [2.05, 4.69) is 29.6 Å². The Bertz CT molecular complexity index is 345. The predicted octanol–water partition coefficient (Wildman–Crippen LogP) is -3.00. The smallest absolute Gasteiger partial charge is 0.153 e. The number of rotatable bonds is 5. The van der Waals surface area contributed by atoms with Crippen LogP contribution in [0.2, 0.25) is 0 Å². The molecule has 5 N–H and O–H groups in total. The second-order valence-corrected chi connectivity index (χ2v) is 4.21. The molecule has 0 bridgehead atoms. The molecule has 0 aliphatic rings. The van der Waals surface area contributed by atoms with E-state index in [-0.39, 0.29) is 16.8 Å².